The molecule has 4 nitrogen and oxygen atoms in total. The predicted molar refractivity (Wildman–Crippen MR) is 119 cm³/mol. The van der Waals surface area contributed by atoms with E-state index in [1.54, 1.807) is 0 Å². The molecule has 148 valence electrons. The van der Waals surface area contributed by atoms with Crippen LogP contribution in [-0.4, -0.2) is 15.5 Å². The first-order chi connectivity index (χ1) is 14.8. The molecule has 5 rings (SSSR count). The van der Waals surface area contributed by atoms with Crippen LogP contribution in [0.4, 0.5) is 5.69 Å². The van der Waals surface area contributed by atoms with E-state index < -0.39 is 0 Å². The zero-order valence-corrected chi connectivity index (χ0v) is 16.7. The van der Waals surface area contributed by atoms with Crippen LogP contribution in [0.2, 0.25) is 0 Å². The van der Waals surface area contributed by atoms with Crippen LogP contribution in [0.3, 0.4) is 0 Å². The van der Waals surface area contributed by atoms with Gasteiger partial charge in [0.2, 0.25) is 5.91 Å². The smallest absolute Gasteiger partial charge is 0.236 e. The monoisotopic (exact) mass is 393 g/mol. The molecule has 0 radical (unpaired) electrons. The highest BCUT2D eigenvalue weighted by Gasteiger charge is 2.23. The second-order valence-electron chi connectivity index (χ2n) is 7.64. The van der Waals surface area contributed by atoms with Crippen molar-refractivity contribution in [2.75, 3.05) is 5.32 Å². The number of aromatic nitrogens is 2. The molecule has 4 aromatic rings. The second-order valence-corrected chi connectivity index (χ2v) is 7.64. The van der Waals surface area contributed by atoms with Gasteiger partial charge in [0.05, 0.1) is 17.8 Å². The molecule has 0 unspecified atom stereocenters. The Morgan fingerprint density at radius 3 is 2.30 bits per heavy atom. The topological polar surface area (TPSA) is 46.9 Å². The molecule has 2 heterocycles. The number of fused-ring (bicyclic) bond motifs is 1. The lowest BCUT2D eigenvalue weighted by Crippen LogP contribution is -2.22. The maximum atomic E-state index is 13.4. The van der Waals surface area contributed by atoms with Crippen LogP contribution < -0.4 is 5.32 Å². The Balaban J connectivity index is 1.45. The lowest BCUT2D eigenvalue weighted by molar-refractivity contribution is -0.116. The van der Waals surface area contributed by atoms with Crippen LogP contribution in [0.1, 0.15) is 29.3 Å². The molecule has 0 saturated heterocycles. The third-order valence-electron chi connectivity index (χ3n) is 5.67. The fourth-order valence-electron chi connectivity index (χ4n) is 4.25. The van der Waals surface area contributed by atoms with E-state index in [-0.39, 0.29) is 11.8 Å². The Hall–Kier alpha value is -3.66. The SMILES string of the molecule is O=C(Nc1cccc(-c2cnc3n2CCC3)c1)C(c1ccccc1)c1ccccc1. The highest BCUT2D eigenvalue weighted by molar-refractivity contribution is 5.98. The average Bonchev–Trinajstić information content (AvgIpc) is 3.40. The van der Waals surface area contributed by atoms with Crippen molar-refractivity contribution < 1.29 is 4.79 Å². The van der Waals surface area contributed by atoms with Crippen LogP contribution in [0.5, 0.6) is 0 Å². The fourth-order valence-corrected chi connectivity index (χ4v) is 4.25. The van der Waals surface area contributed by atoms with Crippen molar-refractivity contribution in [1.29, 1.82) is 0 Å². The molecule has 0 atom stereocenters. The standard InChI is InChI=1S/C26H23N3O/c30-26(25(19-9-3-1-4-10-19)20-11-5-2-6-12-20)28-22-14-7-13-21(17-22)23-18-27-24-15-8-16-29(23)24/h1-7,9-14,17-18,25H,8,15-16H2,(H,28,30). The normalized spacial score (nSPS) is 12.7. The van der Waals surface area contributed by atoms with Gasteiger partial charge in [-0.05, 0) is 29.7 Å². The van der Waals surface area contributed by atoms with Crippen LogP contribution in [0, 0.1) is 0 Å². The zero-order valence-electron chi connectivity index (χ0n) is 16.7. The number of amides is 1. The van der Waals surface area contributed by atoms with Crippen molar-refractivity contribution in [3.05, 3.63) is 108 Å². The second kappa shape index (κ2) is 7.99. The third-order valence-corrected chi connectivity index (χ3v) is 5.67. The van der Waals surface area contributed by atoms with Crippen molar-refractivity contribution in [3.63, 3.8) is 0 Å². The zero-order chi connectivity index (χ0) is 20.3. The third kappa shape index (κ3) is 3.52. The minimum absolute atomic E-state index is 0.0388. The molecular formula is C26H23N3O. The minimum Gasteiger partial charge on any atom is -0.328 e. The largest absolute Gasteiger partial charge is 0.328 e. The van der Waals surface area contributed by atoms with Crippen LogP contribution in [0.15, 0.2) is 91.1 Å². The predicted octanol–water partition coefficient (Wildman–Crippen LogP) is 5.27. The fraction of sp³-hybridized carbons (Fsp3) is 0.154. The maximum absolute atomic E-state index is 13.4. The molecule has 0 fully saturated rings. The molecule has 1 aliphatic rings. The highest BCUT2D eigenvalue weighted by atomic mass is 16.1. The summed E-state index contributed by atoms with van der Waals surface area (Å²) in [7, 11) is 0. The van der Waals surface area contributed by atoms with Gasteiger partial charge >= 0.3 is 0 Å². The number of hydrogen-bond acceptors (Lipinski definition) is 2. The van der Waals surface area contributed by atoms with Crippen LogP contribution in [-0.2, 0) is 17.8 Å². The number of hydrogen-bond donors (Lipinski definition) is 1. The van der Waals surface area contributed by atoms with E-state index in [9.17, 15) is 4.79 Å². The van der Waals surface area contributed by atoms with E-state index in [0.717, 1.165) is 53.3 Å². The van der Waals surface area contributed by atoms with Crippen molar-refractivity contribution in [3.8, 4) is 11.3 Å². The number of nitrogens with zero attached hydrogens (tertiary/aromatic N) is 2. The summed E-state index contributed by atoms with van der Waals surface area (Å²) < 4.78 is 2.28. The summed E-state index contributed by atoms with van der Waals surface area (Å²) in [6.45, 7) is 1.01. The van der Waals surface area contributed by atoms with Gasteiger partial charge in [-0.1, -0.05) is 72.8 Å². The lowest BCUT2D eigenvalue weighted by Gasteiger charge is -2.18. The number of anilines is 1. The summed E-state index contributed by atoms with van der Waals surface area (Å²) in [6, 6.07) is 27.9. The van der Waals surface area contributed by atoms with E-state index in [4.69, 9.17) is 0 Å². The molecule has 0 bridgehead atoms. The molecule has 1 N–H and O–H groups in total. The Bertz CT molecular complexity index is 1130. The number of carbonyl (C=O) groups is 1. The number of aryl methyl sites for hydroxylation is 1. The summed E-state index contributed by atoms with van der Waals surface area (Å²) in [4.78, 5) is 17.9. The van der Waals surface area contributed by atoms with E-state index >= 15 is 0 Å². The van der Waals surface area contributed by atoms with Gasteiger partial charge in [-0.25, -0.2) is 4.98 Å². The van der Waals surface area contributed by atoms with Crippen molar-refractivity contribution in [1.82, 2.24) is 9.55 Å². The van der Waals surface area contributed by atoms with Crippen molar-refractivity contribution in [2.45, 2.75) is 25.3 Å². The summed E-state index contributed by atoms with van der Waals surface area (Å²) in [6.07, 6.45) is 4.11. The molecule has 1 amide bonds. The van der Waals surface area contributed by atoms with Gasteiger partial charge < -0.3 is 9.88 Å². The van der Waals surface area contributed by atoms with Crippen molar-refractivity contribution in [2.24, 2.45) is 0 Å². The number of nitrogens with one attached hydrogen (secondary N) is 1. The molecule has 30 heavy (non-hydrogen) atoms. The molecule has 0 aliphatic carbocycles. The number of rotatable bonds is 5. The highest BCUT2D eigenvalue weighted by Crippen LogP contribution is 2.29. The molecule has 4 heteroatoms. The summed E-state index contributed by atoms with van der Waals surface area (Å²) in [5.74, 6) is 0.742. The number of carbonyl (C=O) groups excluding carboxylic acids is 1. The molecule has 0 spiro atoms. The van der Waals surface area contributed by atoms with Gasteiger partial charge in [-0.15, -0.1) is 0 Å². The summed E-state index contributed by atoms with van der Waals surface area (Å²) in [5.41, 5.74) is 4.94. The van der Waals surface area contributed by atoms with Gasteiger partial charge in [-0.3, -0.25) is 4.79 Å². The minimum atomic E-state index is -0.365. The van der Waals surface area contributed by atoms with Crippen LogP contribution in [0.25, 0.3) is 11.3 Å². The van der Waals surface area contributed by atoms with Crippen molar-refractivity contribution >= 4 is 11.6 Å². The quantitative estimate of drug-likeness (QED) is 0.502. The van der Waals surface area contributed by atoms with E-state index in [2.05, 4.69) is 20.9 Å². The Morgan fingerprint density at radius 2 is 1.60 bits per heavy atom. The van der Waals surface area contributed by atoms with Gasteiger partial charge in [0.25, 0.3) is 0 Å². The van der Waals surface area contributed by atoms with E-state index in [0.29, 0.717) is 0 Å². The molecule has 3 aromatic carbocycles. The summed E-state index contributed by atoms with van der Waals surface area (Å²) in [5, 5.41) is 3.14. The maximum Gasteiger partial charge on any atom is 0.236 e. The lowest BCUT2D eigenvalue weighted by atomic mass is 9.90. The van der Waals surface area contributed by atoms with Gasteiger partial charge in [0.15, 0.2) is 0 Å². The van der Waals surface area contributed by atoms with Gasteiger partial charge in [0, 0.05) is 24.2 Å². The molecular weight excluding hydrogens is 370 g/mol. The Morgan fingerprint density at radius 1 is 0.900 bits per heavy atom. The summed E-state index contributed by atoms with van der Waals surface area (Å²) >= 11 is 0. The van der Waals surface area contributed by atoms with E-state index in [1.165, 1.54) is 0 Å². The van der Waals surface area contributed by atoms with E-state index in [1.807, 2.05) is 85.1 Å². The van der Waals surface area contributed by atoms with Crippen LogP contribution >= 0.6 is 0 Å². The number of benzene rings is 3. The molecule has 0 saturated carbocycles. The molecule has 1 aliphatic heterocycles. The average molecular weight is 393 g/mol. The first-order valence-corrected chi connectivity index (χ1v) is 10.4. The first-order valence-electron chi connectivity index (χ1n) is 10.4. The molecule has 1 aromatic heterocycles. The Labute approximate surface area is 176 Å². The van der Waals surface area contributed by atoms with Gasteiger partial charge in [0.1, 0.15) is 5.82 Å². The number of imidazole rings is 1. The Kier molecular flexibility index (Phi) is 4.89. The van der Waals surface area contributed by atoms with Gasteiger partial charge in [-0.2, -0.15) is 0 Å². The first kappa shape index (κ1) is 18.4.